The van der Waals surface area contributed by atoms with Gasteiger partial charge in [0.25, 0.3) is 0 Å². The van der Waals surface area contributed by atoms with Crippen LogP contribution in [0.2, 0.25) is 0 Å². The Morgan fingerprint density at radius 1 is 0.972 bits per heavy atom. The molecule has 7 nitrogen and oxygen atoms in total. The molecular formula is C28H41N3O4S. The van der Waals surface area contributed by atoms with Crippen molar-refractivity contribution >= 4 is 27.5 Å². The van der Waals surface area contributed by atoms with Crippen LogP contribution in [0.25, 0.3) is 0 Å². The Morgan fingerprint density at radius 2 is 1.61 bits per heavy atom. The first kappa shape index (κ1) is 29.4. The molecule has 0 unspecified atom stereocenters. The van der Waals surface area contributed by atoms with Gasteiger partial charge in [-0.05, 0) is 63.3 Å². The summed E-state index contributed by atoms with van der Waals surface area (Å²) >= 11 is 0. The van der Waals surface area contributed by atoms with Crippen molar-refractivity contribution in [3.05, 3.63) is 65.2 Å². The highest BCUT2D eigenvalue weighted by Crippen LogP contribution is 2.21. The summed E-state index contributed by atoms with van der Waals surface area (Å²) in [4.78, 5) is 28.3. The Labute approximate surface area is 216 Å². The summed E-state index contributed by atoms with van der Waals surface area (Å²) in [6, 6.07) is 14.5. The lowest BCUT2D eigenvalue weighted by atomic mass is 10.0. The maximum Gasteiger partial charge on any atom is 0.243 e. The Kier molecular flexibility index (Phi) is 11.0. The van der Waals surface area contributed by atoms with E-state index in [4.69, 9.17) is 0 Å². The van der Waals surface area contributed by atoms with Crippen LogP contribution in [0.4, 0.5) is 5.69 Å². The topological polar surface area (TPSA) is 86.8 Å². The molecule has 0 saturated heterocycles. The molecular weight excluding hydrogens is 474 g/mol. The maximum absolute atomic E-state index is 13.5. The van der Waals surface area contributed by atoms with Crippen molar-refractivity contribution in [1.82, 2.24) is 10.2 Å². The molecule has 2 aromatic carbocycles. The van der Waals surface area contributed by atoms with Crippen molar-refractivity contribution in [2.24, 2.45) is 0 Å². The van der Waals surface area contributed by atoms with Gasteiger partial charge in [-0.25, -0.2) is 8.42 Å². The highest BCUT2D eigenvalue weighted by molar-refractivity contribution is 7.92. The van der Waals surface area contributed by atoms with Crippen LogP contribution in [-0.2, 0) is 26.2 Å². The molecule has 2 atom stereocenters. The van der Waals surface area contributed by atoms with E-state index in [2.05, 4.69) is 5.32 Å². The number of anilines is 1. The molecule has 2 aromatic rings. The van der Waals surface area contributed by atoms with E-state index in [1.54, 1.807) is 17.0 Å². The SMILES string of the molecule is CC[C@@H](C)NC(=O)[C@@H](CC)N(Cc1ccccc1C)C(=O)CCCN(c1ccc(C)cc1)S(C)(=O)=O. The monoisotopic (exact) mass is 515 g/mol. The number of carbonyl (C=O) groups excluding carboxylic acids is 2. The summed E-state index contributed by atoms with van der Waals surface area (Å²) in [5.41, 5.74) is 3.65. The van der Waals surface area contributed by atoms with Gasteiger partial charge >= 0.3 is 0 Å². The number of nitrogens with zero attached hydrogens (tertiary/aromatic N) is 2. The first-order valence-electron chi connectivity index (χ1n) is 12.7. The van der Waals surface area contributed by atoms with Crippen LogP contribution in [-0.4, -0.2) is 50.0 Å². The second kappa shape index (κ2) is 13.4. The van der Waals surface area contributed by atoms with Crippen LogP contribution in [0, 0.1) is 13.8 Å². The van der Waals surface area contributed by atoms with Crippen molar-refractivity contribution < 1.29 is 18.0 Å². The first-order valence-corrected chi connectivity index (χ1v) is 14.5. The summed E-state index contributed by atoms with van der Waals surface area (Å²) in [7, 11) is -3.51. The molecule has 198 valence electrons. The zero-order valence-electron chi connectivity index (χ0n) is 22.5. The number of aryl methyl sites for hydroxylation is 2. The van der Waals surface area contributed by atoms with Crippen molar-refractivity contribution in [2.45, 2.75) is 78.9 Å². The van der Waals surface area contributed by atoms with E-state index in [9.17, 15) is 18.0 Å². The molecule has 36 heavy (non-hydrogen) atoms. The Bertz CT molecular complexity index is 1120. The van der Waals surface area contributed by atoms with Crippen LogP contribution in [0.1, 0.15) is 63.1 Å². The molecule has 0 fully saturated rings. The number of benzene rings is 2. The summed E-state index contributed by atoms with van der Waals surface area (Å²) in [5, 5.41) is 3.02. The third-order valence-corrected chi connectivity index (χ3v) is 7.66. The Balaban J connectivity index is 2.23. The number of hydrogen-bond donors (Lipinski definition) is 1. The zero-order chi connectivity index (χ0) is 26.9. The molecule has 0 spiro atoms. The molecule has 0 heterocycles. The zero-order valence-corrected chi connectivity index (χ0v) is 23.3. The number of carbonyl (C=O) groups is 2. The minimum absolute atomic E-state index is 0.0137. The van der Waals surface area contributed by atoms with Crippen LogP contribution < -0.4 is 9.62 Å². The Morgan fingerprint density at radius 3 is 2.17 bits per heavy atom. The van der Waals surface area contributed by atoms with Gasteiger partial charge in [0.1, 0.15) is 6.04 Å². The fourth-order valence-electron chi connectivity index (χ4n) is 4.05. The molecule has 0 bridgehead atoms. The van der Waals surface area contributed by atoms with Crippen molar-refractivity contribution in [2.75, 3.05) is 17.1 Å². The molecule has 8 heteroatoms. The minimum atomic E-state index is -3.51. The van der Waals surface area contributed by atoms with Crippen LogP contribution in [0.5, 0.6) is 0 Å². The number of hydrogen-bond acceptors (Lipinski definition) is 4. The quantitative estimate of drug-likeness (QED) is 0.423. The molecule has 0 radical (unpaired) electrons. The van der Waals surface area contributed by atoms with Crippen LogP contribution >= 0.6 is 0 Å². The molecule has 0 aliphatic carbocycles. The maximum atomic E-state index is 13.5. The third kappa shape index (κ3) is 8.36. The van der Waals surface area contributed by atoms with Gasteiger partial charge in [0.15, 0.2) is 0 Å². The van der Waals surface area contributed by atoms with Crippen LogP contribution in [0.15, 0.2) is 48.5 Å². The average Bonchev–Trinajstić information content (AvgIpc) is 2.82. The molecule has 2 rings (SSSR count). The minimum Gasteiger partial charge on any atom is -0.352 e. The lowest BCUT2D eigenvalue weighted by Gasteiger charge is -2.32. The summed E-state index contributed by atoms with van der Waals surface area (Å²) in [5.74, 6) is -0.326. The lowest BCUT2D eigenvalue weighted by Crippen LogP contribution is -2.50. The third-order valence-electron chi connectivity index (χ3n) is 6.46. The predicted octanol–water partition coefficient (Wildman–Crippen LogP) is 4.57. The van der Waals surface area contributed by atoms with Gasteiger partial charge in [-0.2, -0.15) is 0 Å². The largest absolute Gasteiger partial charge is 0.352 e. The van der Waals surface area contributed by atoms with E-state index in [0.29, 0.717) is 25.1 Å². The fourth-order valence-corrected chi connectivity index (χ4v) is 5.01. The standard InChI is InChI=1S/C28H41N3O4S/c1-7-23(5)29-28(33)26(8-2)30(20-24-13-10-9-12-22(24)4)27(32)14-11-19-31(36(6,34)35)25-17-15-21(3)16-18-25/h9-10,12-13,15-18,23,26H,7-8,11,14,19-20H2,1-6H3,(H,29,33)/t23-,26-/m1/s1. The second-order valence-electron chi connectivity index (χ2n) is 9.46. The van der Waals surface area contributed by atoms with E-state index in [-0.39, 0.29) is 30.8 Å². The van der Waals surface area contributed by atoms with E-state index >= 15 is 0 Å². The highest BCUT2D eigenvalue weighted by atomic mass is 32.2. The molecule has 0 aliphatic heterocycles. The lowest BCUT2D eigenvalue weighted by molar-refractivity contribution is -0.141. The highest BCUT2D eigenvalue weighted by Gasteiger charge is 2.29. The normalized spacial score (nSPS) is 13.1. The van der Waals surface area contributed by atoms with Crippen molar-refractivity contribution in [1.29, 1.82) is 0 Å². The van der Waals surface area contributed by atoms with Gasteiger partial charge in [-0.1, -0.05) is 55.8 Å². The van der Waals surface area contributed by atoms with Gasteiger partial charge in [0.05, 0.1) is 11.9 Å². The summed E-state index contributed by atoms with van der Waals surface area (Å²) in [6.07, 6.45) is 2.93. The van der Waals surface area contributed by atoms with Gasteiger partial charge in [0, 0.05) is 25.6 Å². The molecule has 2 amide bonds. The molecule has 0 aliphatic rings. The molecule has 0 aromatic heterocycles. The van der Waals surface area contributed by atoms with E-state index in [1.165, 1.54) is 10.6 Å². The summed E-state index contributed by atoms with van der Waals surface area (Å²) in [6.45, 7) is 10.3. The van der Waals surface area contributed by atoms with Crippen molar-refractivity contribution in [3.8, 4) is 0 Å². The number of sulfonamides is 1. The van der Waals surface area contributed by atoms with Gasteiger partial charge < -0.3 is 10.2 Å². The van der Waals surface area contributed by atoms with Gasteiger partial charge in [-0.15, -0.1) is 0 Å². The van der Waals surface area contributed by atoms with Crippen molar-refractivity contribution in [3.63, 3.8) is 0 Å². The van der Waals surface area contributed by atoms with E-state index in [0.717, 1.165) is 23.1 Å². The predicted molar refractivity (Wildman–Crippen MR) is 146 cm³/mol. The van der Waals surface area contributed by atoms with Crippen LogP contribution in [0.3, 0.4) is 0 Å². The molecule has 0 saturated carbocycles. The smallest absolute Gasteiger partial charge is 0.243 e. The Hall–Kier alpha value is -2.87. The number of nitrogens with one attached hydrogen (secondary N) is 1. The van der Waals surface area contributed by atoms with E-state index < -0.39 is 16.1 Å². The molecule has 1 N–H and O–H groups in total. The fraction of sp³-hybridized carbons (Fsp3) is 0.500. The second-order valence-corrected chi connectivity index (χ2v) is 11.4. The van der Waals surface area contributed by atoms with Gasteiger partial charge in [0.2, 0.25) is 21.8 Å². The number of rotatable bonds is 13. The first-order chi connectivity index (χ1) is 17.0. The summed E-state index contributed by atoms with van der Waals surface area (Å²) < 4.78 is 26.2. The average molecular weight is 516 g/mol. The van der Waals surface area contributed by atoms with E-state index in [1.807, 2.05) is 71.0 Å². The van der Waals surface area contributed by atoms with Gasteiger partial charge in [-0.3, -0.25) is 13.9 Å². The number of amides is 2.